The van der Waals surface area contributed by atoms with Crippen LogP contribution in [0.5, 0.6) is 0 Å². The first-order valence-electron chi connectivity index (χ1n) is 4.84. The molecule has 1 aliphatic heterocycles. The second-order valence-corrected chi connectivity index (χ2v) is 7.54. The van der Waals surface area contributed by atoms with Crippen LogP contribution < -0.4 is 0 Å². The highest BCUT2D eigenvalue weighted by Crippen LogP contribution is 2.31. The number of nitrogens with zero attached hydrogens (tertiary/aromatic N) is 1. The molecule has 1 aliphatic rings. The molecule has 1 aromatic rings. The molecular weight excluding hydrogens is 302 g/mol. The third-order valence-electron chi connectivity index (χ3n) is 2.50. The SMILES string of the molecule is O=C1C[C@@H](C(=O)O)N(S(=O)(=O)c2ccc(Cl)s2)C1. The Kier molecular flexibility index (Phi) is 3.45. The number of hydrogen-bond acceptors (Lipinski definition) is 5. The number of carbonyl (C=O) groups excluding carboxylic acids is 1. The maximum absolute atomic E-state index is 12.2. The van der Waals surface area contributed by atoms with E-state index >= 15 is 0 Å². The van der Waals surface area contributed by atoms with Crippen molar-refractivity contribution in [3.63, 3.8) is 0 Å². The van der Waals surface area contributed by atoms with Gasteiger partial charge in [0, 0.05) is 6.42 Å². The van der Waals surface area contributed by atoms with Gasteiger partial charge in [0.25, 0.3) is 10.0 Å². The minimum Gasteiger partial charge on any atom is -0.480 e. The molecule has 0 spiro atoms. The average Bonchev–Trinajstić information content (AvgIpc) is 2.84. The molecule has 6 nitrogen and oxygen atoms in total. The summed E-state index contributed by atoms with van der Waals surface area (Å²) in [6.07, 6.45) is -0.298. The Balaban J connectivity index is 2.41. The Hall–Kier alpha value is -0.960. The Morgan fingerprint density at radius 2 is 2.17 bits per heavy atom. The molecule has 1 saturated heterocycles. The average molecular weight is 310 g/mol. The number of hydrogen-bond donors (Lipinski definition) is 1. The number of carbonyl (C=O) groups is 2. The van der Waals surface area contributed by atoms with Crippen molar-refractivity contribution in [2.45, 2.75) is 16.7 Å². The van der Waals surface area contributed by atoms with E-state index in [1.807, 2.05) is 0 Å². The van der Waals surface area contributed by atoms with Gasteiger partial charge in [0.05, 0.1) is 10.9 Å². The zero-order chi connectivity index (χ0) is 13.5. The summed E-state index contributed by atoms with van der Waals surface area (Å²) in [5.41, 5.74) is 0. The third kappa shape index (κ3) is 2.28. The first kappa shape index (κ1) is 13.5. The summed E-state index contributed by atoms with van der Waals surface area (Å²) in [4.78, 5) is 22.2. The number of Topliss-reactive ketones (excluding diaryl/α,β-unsaturated/α-hetero) is 1. The molecule has 0 saturated carbocycles. The van der Waals surface area contributed by atoms with Crippen molar-refractivity contribution in [3.05, 3.63) is 16.5 Å². The fourth-order valence-electron chi connectivity index (χ4n) is 1.68. The number of carboxylic acid groups (broad SMARTS) is 1. The molecule has 18 heavy (non-hydrogen) atoms. The Labute approximate surface area is 112 Å². The molecule has 0 aromatic carbocycles. The van der Waals surface area contributed by atoms with E-state index in [1.54, 1.807) is 0 Å². The third-order valence-corrected chi connectivity index (χ3v) is 6.05. The van der Waals surface area contributed by atoms with Crippen molar-refractivity contribution < 1.29 is 23.1 Å². The summed E-state index contributed by atoms with van der Waals surface area (Å²) in [5.74, 6) is -1.74. The highest BCUT2D eigenvalue weighted by atomic mass is 35.5. The van der Waals surface area contributed by atoms with Gasteiger partial charge < -0.3 is 5.11 Å². The molecule has 1 aromatic heterocycles. The lowest BCUT2D eigenvalue weighted by Gasteiger charge is -2.18. The molecule has 2 heterocycles. The summed E-state index contributed by atoms with van der Waals surface area (Å²) in [6, 6.07) is 1.37. The summed E-state index contributed by atoms with van der Waals surface area (Å²) in [6.45, 7) is -0.408. The van der Waals surface area contributed by atoms with Crippen LogP contribution in [0.15, 0.2) is 16.3 Å². The second-order valence-electron chi connectivity index (χ2n) is 3.71. The summed E-state index contributed by atoms with van der Waals surface area (Å²) in [5, 5.41) is 8.94. The molecule has 9 heteroatoms. The molecule has 0 aliphatic carbocycles. The normalized spacial score (nSPS) is 21.4. The molecule has 1 N–H and O–H groups in total. The lowest BCUT2D eigenvalue weighted by molar-refractivity contribution is -0.141. The number of rotatable bonds is 3. The topological polar surface area (TPSA) is 91.8 Å². The zero-order valence-electron chi connectivity index (χ0n) is 8.87. The summed E-state index contributed by atoms with van der Waals surface area (Å²) >= 11 is 6.48. The highest BCUT2D eigenvalue weighted by Gasteiger charge is 2.43. The Morgan fingerprint density at radius 3 is 2.67 bits per heavy atom. The van der Waals surface area contributed by atoms with E-state index in [2.05, 4.69) is 0 Å². The van der Waals surface area contributed by atoms with Gasteiger partial charge in [-0.15, -0.1) is 11.3 Å². The van der Waals surface area contributed by atoms with E-state index in [0.717, 1.165) is 11.3 Å². The molecule has 0 bridgehead atoms. The number of sulfonamides is 1. The maximum atomic E-state index is 12.2. The quantitative estimate of drug-likeness (QED) is 0.892. The van der Waals surface area contributed by atoms with Crippen molar-refractivity contribution >= 4 is 44.7 Å². The van der Waals surface area contributed by atoms with E-state index < -0.39 is 34.4 Å². The van der Waals surface area contributed by atoms with Crippen LogP contribution in [0.25, 0.3) is 0 Å². The minimum absolute atomic E-state index is 0.0616. The van der Waals surface area contributed by atoms with Gasteiger partial charge >= 0.3 is 5.97 Å². The lowest BCUT2D eigenvalue weighted by atomic mass is 10.2. The number of aliphatic carboxylic acids is 1. The maximum Gasteiger partial charge on any atom is 0.322 e. The molecule has 0 radical (unpaired) electrons. The second kappa shape index (κ2) is 4.61. The monoisotopic (exact) mass is 309 g/mol. The summed E-state index contributed by atoms with van der Waals surface area (Å²) in [7, 11) is -3.98. The van der Waals surface area contributed by atoms with Gasteiger partial charge in [-0.1, -0.05) is 11.6 Å². The largest absolute Gasteiger partial charge is 0.480 e. The molecular formula is C9H8ClNO5S2. The zero-order valence-corrected chi connectivity index (χ0v) is 11.3. The fourth-order valence-corrected chi connectivity index (χ4v) is 4.86. The molecule has 98 valence electrons. The Bertz CT molecular complexity index is 608. The van der Waals surface area contributed by atoms with Gasteiger partial charge in [0.15, 0.2) is 0 Å². The molecule has 2 rings (SSSR count). The number of thiophene rings is 1. The molecule has 1 fully saturated rings. The van der Waals surface area contributed by atoms with Crippen LogP contribution >= 0.6 is 22.9 Å². The Morgan fingerprint density at radius 1 is 1.50 bits per heavy atom. The van der Waals surface area contributed by atoms with Crippen molar-refractivity contribution in [1.29, 1.82) is 0 Å². The van der Waals surface area contributed by atoms with Crippen LogP contribution in [0, 0.1) is 0 Å². The lowest BCUT2D eigenvalue weighted by Crippen LogP contribution is -2.40. The number of carboxylic acids is 1. The standard InChI is InChI=1S/C9H8ClNO5S2/c10-7-1-2-8(17-7)18(15,16)11-4-5(12)3-6(11)9(13)14/h1-2,6H,3-4H2,(H,13,14)/t6-/m0/s1. The first-order valence-corrected chi connectivity index (χ1v) is 7.47. The van der Waals surface area contributed by atoms with E-state index in [4.69, 9.17) is 16.7 Å². The predicted octanol–water partition coefficient (Wildman–Crippen LogP) is 0.818. The van der Waals surface area contributed by atoms with Crippen molar-refractivity contribution in [3.8, 4) is 0 Å². The van der Waals surface area contributed by atoms with Crippen molar-refractivity contribution in [1.82, 2.24) is 4.31 Å². The van der Waals surface area contributed by atoms with E-state index in [0.29, 0.717) is 4.31 Å². The fraction of sp³-hybridized carbons (Fsp3) is 0.333. The van der Waals surface area contributed by atoms with Gasteiger partial charge in [-0.05, 0) is 12.1 Å². The smallest absolute Gasteiger partial charge is 0.322 e. The van der Waals surface area contributed by atoms with E-state index in [1.165, 1.54) is 12.1 Å². The molecule has 0 amide bonds. The van der Waals surface area contributed by atoms with E-state index in [-0.39, 0.29) is 15.0 Å². The van der Waals surface area contributed by atoms with Crippen LogP contribution in [0.1, 0.15) is 6.42 Å². The van der Waals surface area contributed by atoms with Gasteiger partial charge in [0.2, 0.25) is 0 Å². The van der Waals surface area contributed by atoms with Gasteiger partial charge in [-0.25, -0.2) is 8.42 Å². The van der Waals surface area contributed by atoms with Crippen molar-refractivity contribution in [2.75, 3.05) is 6.54 Å². The predicted molar refractivity (Wildman–Crippen MR) is 64.3 cm³/mol. The summed E-state index contributed by atoms with van der Waals surface area (Å²) < 4.78 is 25.3. The van der Waals surface area contributed by atoms with Crippen LogP contribution in [-0.4, -0.2) is 42.2 Å². The van der Waals surface area contributed by atoms with Gasteiger partial charge in [-0.2, -0.15) is 4.31 Å². The van der Waals surface area contributed by atoms with Gasteiger partial charge in [0.1, 0.15) is 16.0 Å². The van der Waals surface area contributed by atoms with Crippen LogP contribution in [-0.2, 0) is 19.6 Å². The van der Waals surface area contributed by atoms with Crippen LogP contribution in [0.4, 0.5) is 0 Å². The van der Waals surface area contributed by atoms with Crippen LogP contribution in [0.3, 0.4) is 0 Å². The first-order chi connectivity index (χ1) is 8.32. The van der Waals surface area contributed by atoms with Gasteiger partial charge in [-0.3, -0.25) is 9.59 Å². The van der Waals surface area contributed by atoms with E-state index in [9.17, 15) is 18.0 Å². The highest BCUT2D eigenvalue weighted by molar-refractivity contribution is 7.91. The number of ketones is 1. The molecule has 0 unspecified atom stereocenters. The van der Waals surface area contributed by atoms with Crippen LogP contribution in [0.2, 0.25) is 4.34 Å². The van der Waals surface area contributed by atoms with Crippen molar-refractivity contribution in [2.24, 2.45) is 0 Å². The molecule has 1 atom stereocenters. The minimum atomic E-state index is -3.98. The number of halogens is 1.